The molecule has 1 aliphatic carbocycles. The Morgan fingerprint density at radius 3 is 2.78 bits per heavy atom. The number of aromatic nitrogens is 2. The van der Waals surface area contributed by atoms with Crippen molar-refractivity contribution in [2.75, 3.05) is 0 Å². The first-order valence-electron chi connectivity index (χ1n) is 9.73. The number of hydrogen-bond acceptors (Lipinski definition) is 1. The van der Waals surface area contributed by atoms with E-state index in [-0.39, 0.29) is 0 Å². The largest absolute Gasteiger partial charge is 0.337 e. The quantitative estimate of drug-likeness (QED) is 0.389. The molecule has 1 saturated carbocycles. The van der Waals surface area contributed by atoms with E-state index in [1.54, 1.807) is 0 Å². The summed E-state index contributed by atoms with van der Waals surface area (Å²) in [6.07, 6.45) is 23.2. The molecule has 1 fully saturated rings. The molecule has 2 rings (SSSR count). The molecule has 0 N–H and O–H groups in total. The first-order chi connectivity index (χ1) is 11.1. The highest BCUT2D eigenvalue weighted by Crippen LogP contribution is 2.43. The average Bonchev–Trinajstić information content (AvgIpc) is 3.01. The molecule has 1 heterocycles. The first kappa shape index (κ1) is 18.3. The Kier molecular flexibility index (Phi) is 7.39. The lowest BCUT2D eigenvalue weighted by Crippen LogP contribution is -2.31. The molecule has 130 valence electrons. The number of unbranched alkanes of at least 4 members (excludes halogenated alkanes) is 5. The lowest BCUT2D eigenvalue weighted by Gasteiger charge is -2.40. The van der Waals surface area contributed by atoms with E-state index in [0.29, 0.717) is 5.41 Å². The fourth-order valence-corrected chi connectivity index (χ4v) is 4.01. The summed E-state index contributed by atoms with van der Waals surface area (Å²) in [6, 6.07) is 0. The minimum absolute atomic E-state index is 0.496. The number of allylic oxidation sites excluding steroid dienone is 2. The average molecular weight is 317 g/mol. The van der Waals surface area contributed by atoms with Crippen molar-refractivity contribution in [2.45, 2.75) is 85.1 Å². The van der Waals surface area contributed by atoms with E-state index >= 15 is 0 Å². The summed E-state index contributed by atoms with van der Waals surface area (Å²) in [6.45, 7) is 8.27. The molecule has 0 radical (unpaired) electrons. The van der Waals surface area contributed by atoms with Gasteiger partial charge in [-0.3, -0.25) is 0 Å². The van der Waals surface area contributed by atoms with Crippen LogP contribution in [0.25, 0.3) is 0 Å². The molecular formula is C21H36N2. The third kappa shape index (κ3) is 6.53. The van der Waals surface area contributed by atoms with Gasteiger partial charge in [-0.1, -0.05) is 58.6 Å². The lowest BCUT2D eigenvalue weighted by molar-refractivity contribution is 0.128. The highest BCUT2D eigenvalue weighted by Gasteiger charge is 2.33. The van der Waals surface area contributed by atoms with Crippen LogP contribution >= 0.6 is 0 Å². The molecule has 1 aromatic heterocycles. The summed E-state index contributed by atoms with van der Waals surface area (Å²) in [5.41, 5.74) is 0.496. The molecule has 0 aliphatic heterocycles. The van der Waals surface area contributed by atoms with Crippen molar-refractivity contribution in [2.24, 2.45) is 17.3 Å². The Labute approximate surface area is 143 Å². The highest BCUT2D eigenvalue weighted by atomic mass is 15.0. The standard InChI is InChI=1S/C21H36N2/c1-4-5-6-7-8-9-10-11-19-12-13-21(2,3)16-20(19)17-23-15-14-22-18-23/h10-11,14-15,18-20H,4-9,12-13,16-17H2,1-3H3/t19-,20+/m1/s1. The zero-order chi connectivity index (χ0) is 16.5. The van der Waals surface area contributed by atoms with Gasteiger partial charge in [0, 0.05) is 18.9 Å². The molecule has 2 atom stereocenters. The Balaban J connectivity index is 1.82. The van der Waals surface area contributed by atoms with Crippen molar-refractivity contribution in [1.29, 1.82) is 0 Å². The van der Waals surface area contributed by atoms with Crippen LogP contribution in [0, 0.1) is 17.3 Å². The third-order valence-corrected chi connectivity index (χ3v) is 5.44. The second kappa shape index (κ2) is 9.30. The van der Waals surface area contributed by atoms with E-state index < -0.39 is 0 Å². The second-order valence-corrected chi connectivity index (χ2v) is 8.22. The predicted octanol–water partition coefficient (Wildman–Crippen LogP) is 6.24. The van der Waals surface area contributed by atoms with Crippen LogP contribution in [0.1, 0.15) is 78.6 Å². The first-order valence-corrected chi connectivity index (χ1v) is 9.73. The van der Waals surface area contributed by atoms with Gasteiger partial charge in [-0.05, 0) is 49.4 Å². The van der Waals surface area contributed by atoms with Gasteiger partial charge >= 0.3 is 0 Å². The fraction of sp³-hybridized carbons (Fsp3) is 0.762. The van der Waals surface area contributed by atoms with Crippen LogP contribution in [0.2, 0.25) is 0 Å². The molecule has 0 aromatic carbocycles. The smallest absolute Gasteiger partial charge is 0.0946 e. The highest BCUT2D eigenvalue weighted by molar-refractivity contribution is 4.97. The third-order valence-electron chi connectivity index (χ3n) is 5.44. The SMILES string of the molecule is CCCCCCCC=C[C@@H]1CCC(C)(C)C[C@H]1Cn1ccnc1. The predicted molar refractivity (Wildman–Crippen MR) is 99.4 cm³/mol. The van der Waals surface area contributed by atoms with Crippen molar-refractivity contribution in [3.8, 4) is 0 Å². The van der Waals surface area contributed by atoms with Crippen molar-refractivity contribution in [3.63, 3.8) is 0 Å². The number of imidazole rings is 1. The molecule has 0 bridgehead atoms. The van der Waals surface area contributed by atoms with Gasteiger partial charge in [0.05, 0.1) is 6.33 Å². The normalized spacial score (nSPS) is 24.3. The van der Waals surface area contributed by atoms with E-state index in [1.165, 1.54) is 57.8 Å². The number of hydrogen-bond donors (Lipinski definition) is 0. The minimum Gasteiger partial charge on any atom is -0.337 e. The maximum atomic E-state index is 4.20. The van der Waals surface area contributed by atoms with Gasteiger partial charge in [0.25, 0.3) is 0 Å². The minimum atomic E-state index is 0.496. The van der Waals surface area contributed by atoms with Gasteiger partial charge in [0.2, 0.25) is 0 Å². The number of rotatable bonds is 9. The van der Waals surface area contributed by atoms with Gasteiger partial charge in [-0.2, -0.15) is 0 Å². The van der Waals surface area contributed by atoms with E-state index in [0.717, 1.165) is 18.4 Å². The summed E-state index contributed by atoms with van der Waals surface area (Å²) < 4.78 is 2.26. The van der Waals surface area contributed by atoms with Crippen molar-refractivity contribution in [1.82, 2.24) is 9.55 Å². The van der Waals surface area contributed by atoms with Crippen molar-refractivity contribution < 1.29 is 0 Å². The van der Waals surface area contributed by atoms with E-state index in [2.05, 4.69) is 48.7 Å². The Morgan fingerprint density at radius 2 is 2.04 bits per heavy atom. The Hall–Kier alpha value is -1.05. The molecule has 2 nitrogen and oxygen atoms in total. The van der Waals surface area contributed by atoms with E-state index in [1.807, 2.05) is 12.5 Å². The van der Waals surface area contributed by atoms with Crippen LogP contribution in [0.15, 0.2) is 30.9 Å². The van der Waals surface area contributed by atoms with Crippen LogP contribution in [0.5, 0.6) is 0 Å². The molecule has 0 saturated heterocycles. The Morgan fingerprint density at radius 1 is 1.22 bits per heavy atom. The fourth-order valence-electron chi connectivity index (χ4n) is 4.01. The van der Waals surface area contributed by atoms with Crippen LogP contribution in [-0.2, 0) is 6.54 Å². The summed E-state index contributed by atoms with van der Waals surface area (Å²) in [4.78, 5) is 4.20. The zero-order valence-electron chi connectivity index (χ0n) is 15.5. The van der Waals surface area contributed by atoms with Crippen LogP contribution in [-0.4, -0.2) is 9.55 Å². The summed E-state index contributed by atoms with van der Waals surface area (Å²) in [7, 11) is 0. The van der Waals surface area contributed by atoms with Gasteiger partial charge < -0.3 is 4.57 Å². The van der Waals surface area contributed by atoms with E-state index in [4.69, 9.17) is 0 Å². The van der Waals surface area contributed by atoms with E-state index in [9.17, 15) is 0 Å². The lowest BCUT2D eigenvalue weighted by atomic mass is 9.67. The topological polar surface area (TPSA) is 17.8 Å². The maximum absolute atomic E-state index is 4.20. The van der Waals surface area contributed by atoms with Crippen molar-refractivity contribution in [3.05, 3.63) is 30.9 Å². The molecule has 2 heteroatoms. The van der Waals surface area contributed by atoms with Crippen molar-refractivity contribution >= 4 is 0 Å². The van der Waals surface area contributed by atoms with Gasteiger partial charge in [0.15, 0.2) is 0 Å². The second-order valence-electron chi connectivity index (χ2n) is 8.22. The van der Waals surface area contributed by atoms with Crippen LogP contribution in [0.3, 0.4) is 0 Å². The maximum Gasteiger partial charge on any atom is 0.0946 e. The molecular weight excluding hydrogens is 280 g/mol. The van der Waals surface area contributed by atoms with Crippen LogP contribution < -0.4 is 0 Å². The summed E-state index contributed by atoms with van der Waals surface area (Å²) in [5, 5.41) is 0. The van der Waals surface area contributed by atoms with Crippen LogP contribution in [0.4, 0.5) is 0 Å². The van der Waals surface area contributed by atoms with Gasteiger partial charge in [-0.25, -0.2) is 4.98 Å². The van der Waals surface area contributed by atoms with Gasteiger partial charge in [-0.15, -0.1) is 0 Å². The molecule has 0 spiro atoms. The molecule has 23 heavy (non-hydrogen) atoms. The summed E-state index contributed by atoms with van der Waals surface area (Å²) in [5.74, 6) is 1.50. The monoisotopic (exact) mass is 316 g/mol. The summed E-state index contributed by atoms with van der Waals surface area (Å²) >= 11 is 0. The molecule has 0 unspecified atom stereocenters. The number of nitrogens with zero attached hydrogens (tertiary/aromatic N) is 2. The molecule has 1 aromatic rings. The zero-order valence-corrected chi connectivity index (χ0v) is 15.5. The Bertz CT molecular complexity index is 444. The van der Waals surface area contributed by atoms with Gasteiger partial charge in [0.1, 0.15) is 0 Å². The molecule has 1 aliphatic rings. The molecule has 0 amide bonds.